The lowest BCUT2D eigenvalue weighted by Gasteiger charge is -2.24. The van der Waals surface area contributed by atoms with Gasteiger partial charge in [-0.2, -0.15) is 0 Å². The molecule has 0 N–H and O–H groups in total. The molecule has 0 saturated heterocycles. The number of carbonyl (C=O) groups is 2. The van der Waals surface area contributed by atoms with Crippen molar-refractivity contribution in [2.75, 3.05) is 20.3 Å². The fraction of sp³-hybridized carbons (Fsp3) is 0.286. The van der Waals surface area contributed by atoms with Crippen molar-refractivity contribution in [3.8, 4) is 5.75 Å². The van der Waals surface area contributed by atoms with Gasteiger partial charge in [-0.15, -0.1) is 0 Å². The Balaban J connectivity index is 1.83. The van der Waals surface area contributed by atoms with Gasteiger partial charge in [-0.05, 0) is 61.7 Å². The number of aromatic nitrogens is 1. The molecule has 0 amide bonds. The summed E-state index contributed by atoms with van der Waals surface area (Å²) in [6, 6.07) is 13.4. The van der Waals surface area contributed by atoms with E-state index in [0.29, 0.717) is 32.8 Å². The summed E-state index contributed by atoms with van der Waals surface area (Å²) in [4.78, 5) is 43.7. The summed E-state index contributed by atoms with van der Waals surface area (Å²) in [5.74, 6) is -0.243. The summed E-state index contributed by atoms with van der Waals surface area (Å²) < 4.78 is 17.7. The molecule has 2 heterocycles. The second-order valence-corrected chi connectivity index (χ2v) is 9.34. The van der Waals surface area contributed by atoms with Crippen molar-refractivity contribution < 1.29 is 23.8 Å². The zero-order chi connectivity index (χ0) is 26.5. The lowest BCUT2D eigenvalue weighted by atomic mass is 9.95. The van der Waals surface area contributed by atoms with Crippen molar-refractivity contribution in [2.45, 2.75) is 33.2 Å². The molecule has 0 fully saturated rings. The maximum atomic E-state index is 13.7. The Bertz CT molecular complexity index is 1510. The van der Waals surface area contributed by atoms with E-state index in [1.165, 1.54) is 23.0 Å². The molecule has 1 aliphatic heterocycles. The molecule has 3 aromatic rings. The molecule has 8 nitrogen and oxygen atoms in total. The fourth-order valence-electron chi connectivity index (χ4n) is 4.06. The number of hydrogen-bond donors (Lipinski definition) is 0. The molecule has 0 radical (unpaired) electrons. The predicted molar refractivity (Wildman–Crippen MR) is 140 cm³/mol. The number of allylic oxidation sites excluding steroid dienone is 1. The predicted octanol–water partition coefficient (Wildman–Crippen LogP) is 3.37. The van der Waals surface area contributed by atoms with Crippen LogP contribution in [0.4, 0.5) is 0 Å². The highest BCUT2D eigenvalue weighted by atomic mass is 32.1. The van der Waals surface area contributed by atoms with Gasteiger partial charge in [0.15, 0.2) is 4.80 Å². The second kappa shape index (κ2) is 11.4. The normalized spacial score (nSPS) is 15.1. The largest absolute Gasteiger partial charge is 0.494 e. The highest BCUT2D eigenvalue weighted by molar-refractivity contribution is 7.07. The third-order valence-electron chi connectivity index (χ3n) is 5.82. The van der Waals surface area contributed by atoms with Crippen LogP contribution in [0.5, 0.6) is 5.75 Å². The maximum Gasteiger partial charge on any atom is 0.338 e. The summed E-state index contributed by atoms with van der Waals surface area (Å²) in [7, 11) is 1.31. The summed E-state index contributed by atoms with van der Waals surface area (Å²) in [6.07, 6.45) is 2.72. The Morgan fingerprint density at radius 1 is 1.05 bits per heavy atom. The Labute approximate surface area is 218 Å². The Morgan fingerprint density at radius 2 is 1.76 bits per heavy atom. The molecule has 2 aromatic carbocycles. The number of esters is 2. The first-order valence-corrected chi connectivity index (χ1v) is 12.8. The Morgan fingerprint density at radius 3 is 2.38 bits per heavy atom. The number of methoxy groups -OCH3 is 1. The number of ether oxygens (including phenoxy) is 3. The van der Waals surface area contributed by atoms with Gasteiger partial charge >= 0.3 is 11.9 Å². The van der Waals surface area contributed by atoms with Gasteiger partial charge in [0, 0.05) is 0 Å². The van der Waals surface area contributed by atoms with Crippen LogP contribution < -0.4 is 19.6 Å². The molecular formula is C28H28N2O6S. The first-order valence-electron chi connectivity index (χ1n) is 12.0. The first-order chi connectivity index (χ1) is 17.9. The second-order valence-electron chi connectivity index (χ2n) is 8.33. The van der Waals surface area contributed by atoms with E-state index in [1.54, 1.807) is 44.2 Å². The van der Waals surface area contributed by atoms with Crippen LogP contribution in [0.25, 0.3) is 6.08 Å². The van der Waals surface area contributed by atoms with E-state index in [9.17, 15) is 14.4 Å². The molecule has 0 spiro atoms. The van der Waals surface area contributed by atoms with Crippen LogP contribution in [-0.2, 0) is 14.3 Å². The van der Waals surface area contributed by atoms with Crippen molar-refractivity contribution in [2.24, 2.45) is 4.99 Å². The lowest BCUT2D eigenvalue weighted by Crippen LogP contribution is -2.39. The molecule has 0 bridgehead atoms. The van der Waals surface area contributed by atoms with Crippen LogP contribution in [0.15, 0.2) is 69.6 Å². The highest BCUT2D eigenvalue weighted by Crippen LogP contribution is 2.31. The van der Waals surface area contributed by atoms with Gasteiger partial charge in [-0.3, -0.25) is 9.36 Å². The number of hydrogen-bond acceptors (Lipinski definition) is 8. The number of nitrogens with zero attached hydrogens (tertiary/aromatic N) is 2. The van der Waals surface area contributed by atoms with Crippen LogP contribution in [0.3, 0.4) is 0 Å². The van der Waals surface area contributed by atoms with E-state index < -0.39 is 18.0 Å². The maximum absolute atomic E-state index is 13.7. The Kier molecular flexibility index (Phi) is 8.03. The van der Waals surface area contributed by atoms with Crippen molar-refractivity contribution >= 4 is 29.4 Å². The minimum atomic E-state index is -0.756. The number of thiazole rings is 1. The van der Waals surface area contributed by atoms with Crippen molar-refractivity contribution in [1.82, 2.24) is 4.57 Å². The molecule has 0 aliphatic carbocycles. The van der Waals surface area contributed by atoms with E-state index >= 15 is 0 Å². The van der Waals surface area contributed by atoms with E-state index in [-0.39, 0.29) is 17.7 Å². The standard InChI is InChI=1S/C28H28N2O6S/c1-5-15-36-21-13-7-18(8-14-21)16-22-25(31)30-24(19-9-11-20(12-10-19)26(32)34-4)23(27(33)35-6-2)17(3)29-28(30)37-22/h7-14,16,24H,5-6,15H2,1-4H3. The van der Waals surface area contributed by atoms with Gasteiger partial charge in [-0.25, -0.2) is 14.6 Å². The molecule has 1 aromatic heterocycles. The van der Waals surface area contributed by atoms with E-state index in [1.807, 2.05) is 31.2 Å². The molecule has 37 heavy (non-hydrogen) atoms. The van der Waals surface area contributed by atoms with E-state index in [2.05, 4.69) is 4.99 Å². The van der Waals surface area contributed by atoms with Gasteiger partial charge in [0.25, 0.3) is 5.56 Å². The molecule has 0 saturated carbocycles. The van der Waals surface area contributed by atoms with Crippen LogP contribution >= 0.6 is 11.3 Å². The van der Waals surface area contributed by atoms with E-state index in [4.69, 9.17) is 14.2 Å². The zero-order valence-electron chi connectivity index (χ0n) is 21.1. The summed E-state index contributed by atoms with van der Waals surface area (Å²) >= 11 is 1.25. The minimum absolute atomic E-state index is 0.187. The first kappa shape index (κ1) is 26.1. The lowest BCUT2D eigenvalue weighted by molar-refractivity contribution is -0.139. The van der Waals surface area contributed by atoms with Crippen LogP contribution in [0, 0.1) is 0 Å². The molecule has 9 heteroatoms. The van der Waals surface area contributed by atoms with Crippen LogP contribution in [0.2, 0.25) is 0 Å². The smallest absolute Gasteiger partial charge is 0.338 e. The van der Waals surface area contributed by atoms with E-state index in [0.717, 1.165) is 17.7 Å². The monoisotopic (exact) mass is 520 g/mol. The van der Waals surface area contributed by atoms with Gasteiger partial charge < -0.3 is 14.2 Å². The van der Waals surface area contributed by atoms with Gasteiger partial charge in [0.1, 0.15) is 5.75 Å². The van der Waals surface area contributed by atoms with Crippen molar-refractivity contribution in [3.05, 3.63) is 96.2 Å². The van der Waals surface area contributed by atoms with Crippen molar-refractivity contribution in [1.29, 1.82) is 0 Å². The van der Waals surface area contributed by atoms with Crippen LogP contribution in [0.1, 0.15) is 54.7 Å². The number of rotatable bonds is 8. The third-order valence-corrected chi connectivity index (χ3v) is 6.80. The van der Waals surface area contributed by atoms with Crippen molar-refractivity contribution in [3.63, 3.8) is 0 Å². The quantitative estimate of drug-likeness (QED) is 0.423. The molecule has 1 atom stereocenters. The number of carbonyl (C=O) groups excluding carboxylic acids is 2. The summed E-state index contributed by atoms with van der Waals surface area (Å²) in [6.45, 7) is 6.33. The van der Waals surface area contributed by atoms with Crippen LogP contribution in [-0.4, -0.2) is 36.8 Å². The molecule has 4 rings (SSSR count). The molecule has 1 aliphatic rings. The fourth-order valence-corrected chi connectivity index (χ4v) is 5.10. The average molecular weight is 521 g/mol. The molecule has 1 unspecified atom stereocenters. The summed E-state index contributed by atoms with van der Waals surface area (Å²) in [5.41, 5.74) is 2.34. The third kappa shape index (κ3) is 5.41. The van der Waals surface area contributed by atoms with Gasteiger partial charge in [0.2, 0.25) is 0 Å². The van der Waals surface area contributed by atoms with Gasteiger partial charge in [-0.1, -0.05) is 42.5 Å². The highest BCUT2D eigenvalue weighted by Gasteiger charge is 2.33. The zero-order valence-corrected chi connectivity index (χ0v) is 22.0. The minimum Gasteiger partial charge on any atom is -0.494 e. The Hall–Kier alpha value is -3.98. The average Bonchev–Trinajstić information content (AvgIpc) is 3.21. The number of fused-ring (bicyclic) bond motifs is 1. The number of benzene rings is 2. The topological polar surface area (TPSA) is 96.2 Å². The summed E-state index contributed by atoms with van der Waals surface area (Å²) in [5, 5.41) is 0. The molecule has 192 valence electrons. The SMILES string of the molecule is CCCOc1ccc(C=c2sc3n(c2=O)C(c2ccc(C(=O)OC)cc2)C(C(=O)OCC)=C(C)N=3)cc1. The molecular weight excluding hydrogens is 492 g/mol. The van der Waals surface area contributed by atoms with Gasteiger partial charge in [0.05, 0.1) is 47.7 Å².